The van der Waals surface area contributed by atoms with Gasteiger partial charge in [-0.1, -0.05) is 5.21 Å². The quantitative estimate of drug-likeness (QED) is 0.470. The van der Waals surface area contributed by atoms with Crippen LogP contribution in [0.25, 0.3) is 0 Å². The van der Waals surface area contributed by atoms with E-state index in [1.165, 1.54) is 0 Å². The van der Waals surface area contributed by atoms with E-state index in [0.717, 1.165) is 18.4 Å². The summed E-state index contributed by atoms with van der Waals surface area (Å²) in [6, 6.07) is 0. The lowest BCUT2D eigenvalue weighted by atomic mass is 10.2. The summed E-state index contributed by atoms with van der Waals surface area (Å²) in [5.74, 6) is 0. The molecule has 0 saturated heterocycles. The molecule has 6 heteroatoms. The first-order valence-corrected chi connectivity index (χ1v) is 5.77. The second kappa shape index (κ2) is 7.92. The Balaban J connectivity index is 2.56. The Morgan fingerprint density at radius 2 is 2.24 bits per heavy atom. The Morgan fingerprint density at radius 3 is 2.88 bits per heavy atom. The molecular weight excluding hydrogens is 222 g/mol. The second-order valence-electron chi connectivity index (χ2n) is 3.56. The molecule has 1 aromatic rings. The van der Waals surface area contributed by atoms with E-state index in [1.807, 2.05) is 6.92 Å². The Labute approximate surface area is 101 Å². The minimum Gasteiger partial charge on any atom is -0.384 e. The molecule has 0 fully saturated rings. The van der Waals surface area contributed by atoms with Gasteiger partial charge in [-0.05, 0) is 13.3 Å². The first kappa shape index (κ1) is 13.8. The van der Waals surface area contributed by atoms with Crippen LogP contribution in [0.3, 0.4) is 0 Å². The second-order valence-corrected chi connectivity index (χ2v) is 3.56. The van der Waals surface area contributed by atoms with E-state index in [0.29, 0.717) is 38.5 Å². The number of hydrogen-bond acceptors (Lipinski definition) is 5. The van der Waals surface area contributed by atoms with Gasteiger partial charge < -0.3 is 9.47 Å². The SMILES string of the molecule is CCOCCCn1nnc(C=O)c1CCOC. The molecule has 1 aromatic heterocycles. The number of carbonyl (C=O) groups excluding carboxylic acids is 1. The highest BCUT2D eigenvalue weighted by Crippen LogP contribution is 2.05. The van der Waals surface area contributed by atoms with E-state index in [-0.39, 0.29) is 0 Å². The average molecular weight is 241 g/mol. The highest BCUT2D eigenvalue weighted by Gasteiger charge is 2.11. The molecule has 6 nitrogen and oxygen atoms in total. The van der Waals surface area contributed by atoms with Crippen LogP contribution in [0, 0.1) is 0 Å². The summed E-state index contributed by atoms with van der Waals surface area (Å²) in [4.78, 5) is 10.8. The zero-order valence-electron chi connectivity index (χ0n) is 10.4. The fourth-order valence-electron chi connectivity index (χ4n) is 1.53. The Hall–Kier alpha value is -1.27. The monoisotopic (exact) mass is 241 g/mol. The first-order valence-electron chi connectivity index (χ1n) is 5.77. The van der Waals surface area contributed by atoms with Gasteiger partial charge in [0, 0.05) is 33.3 Å². The van der Waals surface area contributed by atoms with E-state index >= 15 is 0 Å². The molecule has 0 spiro atoms. The van der Waals surface area contributed by atoms with Gasteiger partial charge in [-0.3, -0.25) is 4.79 Å². The smallest absolute Gasteiger partial charge is 0.172 e. The molecule has 0 atom stereocenters. The molecule has 0 bridgehead atoms. The van der Waals surface area contributed by atoms with Gasteiger partial charge in [0.25, 0.3) is 0 Å². The molecule has 0 unspecified atom stereocenters. The minimum absolute atomic E-state index is 0.401. The van der Waals surface area contributed by atoms with Crippen LogP contribution in [0.2, 0.25) is 0 Å². The van der Waals surface area contributed by atoms with Gasteiger partial charge in [0.2, 0.25) is 0 Å². The molecule has 0 aliphatic rings. The van der Waals surface area contributed by atoms with Crippen LogP contribution in [0.5, 0.6) is 0 Å². The highest BCUT2D eigenvalue weighted by molar-refractivity contribution is 5.73. The number of aromatic nitrogens is 3. The molecule has 0 aliphatic heterocycles. The summed E-state index contributed by atoms with van der Waals surface area (Å²) in [6.45, 7) is 4.63. The summed E-state index contributed by atoms with van der Waals surface area (Å²) in [5, 5.41) is 7.80. The first-order chi connectivity index (χ1) is 8.33. The molecule has 1 heterocycles. The zero-order valence-corrected chi connectivity index (χ0v) is 10.4. The van der Waals surface area contributed by atoms with Crippen molar-refractivity contribution in [2.45, 2.75) is 26.3 Å². The van der Waals surface area contributed by atoms with Crippen molar-refractivity contribution in [1.82, 2.24) is 15.0 Å². The molecule has 0 N–H and O–H groups in total. The Kier molecular flexibility index (Phi) is 6.42. The summed E-state index contributed by atoms with van der Waals surface area (Å²) < 4.78 is 12.0. The lowest BCUT2D eigenvalue weighted by Gasteiger charge is -2.06. The van der Waals surface area contributed by atoms with Crippen LogP contribution in [-0.4, -0.2) is 48.2 Å². The predicted molar refractivity (Wildman–Crippen MR) is 62.1 cm³/mol. The fraction of sp³-hybridized carbons (Fsp3) is 0.727. The van der Waals surface area contributed by atoms with Crippen molar-refractivity contribution in [2.75, 3.05) is 26.9 Å². The molecular formula is C11H19N3O3. The minimum atomic E-state index is 0.401. The third kappa shape index (κ3) is 4.24. The van der Waals surface area contributed by atoms with Gasteiger partial charge in [0.05, 0.1) is 12.3 Å². The largest absolute Gasteiger partial charge is 0.384 e. The van der Waals surface area contributed by atoms with Crippen LogP contribution in [-0.2, 0) is 22.4 Å². The number of nitrogens with zero attached hydrogens (tertiary/aromatic N) is 3. The molecule has 96 valence electrons. The van der Waals surface area contributed by atoms with E-state index < -0.39 is 0 Å². The number of aryl methyl sites for hydroxylation is 1. The van der Waals surface area contributed by atoms with E-state index in [1.54, 1.807) is 11.8 Å². The van der Waals surface area contributed by atoms with Gasteiger partial charge in [-0.2, -0.15) is 0 Å². The van der Waals surface area contributed by atoms with Crippen LogP contribution in [0.1, 0.15) is 29.5 Å². The van der Waals surface area contributed by atoms with Gasteiger partial charge in [0.1, 0.15) is 5.69 Å². The van der Waals surface area contributed by atoms with Crippen LogP contribution in [0.4, 0.5) is 0 Å². The molecule has 17 heavy (non-hydrogen) atoms. The van der Waals surface area contributed by atoms with E-state index in [4.69, 9.17) is 9.47 Å². The Morgan fingerprint density at radius 1 is 1.41 bits per heavy atom. The third-order valence-electron chi connectivity index (χ3n) is 2.38. The van der Waals surface area contributed by atoms with Crippen LogP contribution < -0.4 is 0 Å². The highest BCUT2D eigenvalue weighted by atomic mass is 16.5. The van der Waals surface area contributed by atoms with Crippen molar-refractivity contribution in [2.24, 2.45) is 0 Å². The van der Waals surface area contributed by atoms with Crippen molar-refractivity contribution < 1.29 is 14.3 Å². The van der Waals surface area contributed by atoms with E-state index in [2.05, 4.69) is 10.3 Å². The maximum atomic E-state index is 10.8. The van der Waals surface area contributed by atoms with Crippen LogP contribution >= 0.6 is 0 Å². The number of rotatable bonds is 9. The molecule has 0 amide bonds. The van der Waals surface area contributed by atoms with Crippen molar-refractivity contribution in [3.8, 4) is 0 Å². The van der Waals surface area contributed by atoms with Crippen LogP contribution in [0.15, 0.2) is 0 Å². The summed E-state index contributed by atoms with van der Waals surface area (Å²) in [6.07, 6.45) is 2.23. The number of carbonyl (C=O) groups is 1. The number of methoxy groups -OCH3 is 1. The molecule has 0 saturated carbocycles. The average Bonchev–Trinajstić information content (AvgIpc) is 2.74. The Bertz CT molecular complexity index is 339. The molecule has 0 radical (unpaired) electrons. The normalized spacial score (nSPS) is 10.7. The number of hydrogen-bond donors (Lipinski definition) is 0. The summed E-state index contributed by atoms with van der Waals surface area (Å²) >= 11 is 0. The summed E-state index contributed by atoms with van der Waals surface area (Å²) in [7, 11) is 1.63. The van der Waals surface area contributed by atoms with Gasteiger partial charge in [0.15, 0.2) is 6.29 Å². The standard InChI is InChI=1S/C11H19N3O3/c1-3-17-7-4-6-14-11(5-8-16-2)10(9-15)12-13-14/h9H,3-8H2,1-2H3. The van der Waals surface area contributed by atoms with Gasteiger partial charge in [-0.25, -0.2) is 4.68 Å². The topological polar surface area (TPSA) is 66.2 Å². The molecule has 1 rings (SSSR count). The maximum Gasteiger partial charge on any atom is 0.172 e. The molecule has 0 aliphatic carbocycles. The third-order valence-corrected chi connectivity index (χ3v) is 2.38. The van der Waals surface area contributed by atoms with Gasteiger partial charge in [-0.15, -0.1) is 5.10 Å². The number of aldehydes is 1. The fourth-order valence-corrected chi connectivity index (χ4v) is 1.53. The lowest BCUT2D eigenvalue weighted by molar-refractivity contribution is 0.111. The zero-order chi connectivity index (χ0) is 12.5. The molecule has 0 aromatic carbocycles. The van der Waals surface area contributed by atoms with E-state index in [9.17, 15) is 4.79 Å². The van der Waals surface area contributed by atoms with Crippen molar-refractivity contribution in [1.29, 1.82) is 0 Å². The van der Waals surface area contributed by atoms with Gasteiger partial charge >= 0.3 is 0 Å². The van der Waals surface area contributed by atoms with Crippen molar-refractivity contribution in [3.05, 3.63) is 11.4 Å². The van der Waals surface area contributed by atoms with Crippen molar-refractivity contribution in [3.63, 3.8) is 0 Å². The summed E-state index contributed by atoms with van der Waals surface area (Å²) in [5.41, 5.74) is 1.23. The van der Waals surface area contributed by atoms with Crippen molar-refractivity contribution >= 4 is 6.29 Å². The maximum absolute atomic E-state index is 10.8. The lowest BCUT2D eigenvalue weighted by Crippen LogP contribution is -2.10. The predicted octanol–water partition coefficient (Wildman–Crippen LogP) is 0.706. The number of ether oxygens (including phenoxy) is 2.